The number of hydrogen-bond acceptors (Lipinski definition) is 5. The van der Waals surface area contributed by atoms with Crippen LogP contribution in [0.25, 0.3) is 0 Å². The molecule has 0 atom stereocenters. The Morgan fingerprint density at radius 2 is 2.31 bits per heavy atom. The molecular formula is C10H7ClN4O. The van der Waals surface area contributed by atoms with Gasteiger partial charge in [-0.3, -0.25) is 0 Å². The normalized spacial score (nSPS) is 9.75. The van der Waals surface area contributed by atoms with Crippen molar-refractivity contribution >= 4 is 17.4 Å². The number of aromatic nitrogens is 2. The van der Waals surface area contributed by atoms with Crippen molar-refractivity contribution in [3.05, 3.63) is 40.9 Å². The maximum absolute atomic E-state index is 8.78. The molecule has 0 saturated carbocycles. The molecule has 0 bridgehead atoms. The molecule has 0 unspecified atom stereocenters. The van der Waals surface area contributed by atoms with Gasteiger partial charge in [-0.2, -0.15) is 5.26 Å². The first kappa shape index (κ1) is 10.5. The smallest absolute Gasteiger partial charge is 0.155 e. The monoisotopic (exact) mass is 234 g/mol. The quantitative estimate of drug-likeness (QED) is 0.881. The highest BCUT2D eigenvalue weighted by Crippen LogP contribution is 2.23. The molecule has 16 heavy (non-hydrogen) atoms. The Hall–Kier alpha value is -2.06. The summed E-state index contributed by atoms with van der Waals surface area (Å²) >= 11 is 5.96. The van der Waals surface area contributed by atoms with Gasteiger partial charge in [0.15, 0.2) is 5.76 Å². The maximum atomic E-state index is 8.78. The zero-order chi connectivity index (χ0) is 11.4. The third-order valence-electron chi connectivity index (χ3n) is 1.93. The summed E-state index contributed by atoms with van der Waals surface area (Å²) in [6.45, 7) is 0.418. The number of nitriles is 1. The predicted molar refractivity (Wildman–Crippen MR) is 57.8 cm³/mol. The fourth-order valence-electron chi connectivity index (χ4n) is 1.16. The maximum Gasteiger partial charge on any atom is 0.155 e. The van der Waals surface area contributed by atoms with E-state index >= 15 is 0 Å². The number of nitrogens with zero attached hydrogens (tertiary/aromatic N) is 3. The lowest BCUT2D eigenvalue weighted by Crippen LogP contribution is -2.01. The van der Waals surface area contributed by atoms with E-state index in [0.29, 0.717) is 28.7 Å². The zero-order valence-corrected chi connectivity index (χ0v) is 8.90. The molecule has 0 amide bonds. The molecule has 0 aromatic carbocycles. The summed E-state index contributed by atoms with van der Waals surface area (Å²) in [6.07, 6.45) is 3.07. The number of halogens is 1. The highest BCUT2D eigenvalue weighted by Gasteiger charge is 2.07. The molecule has 0 aliphatic heterocycles. The van der Waals surface area contributed by atoms with Crippen molar-refractivity contribution in [3.8, 4) is 6.07 Å². The van der Waals surface area contributed by atoms with Crippen molar-refractivity contribution in [1.29, 1.82) is 5.26 Å². The largest absolute Gasteiger partial charge is 0.361 e. The highest BCUT2D eigenvalue weighted by molar-refractivity contribution is 6.34. The fourth-order valence-corrected chi connectivity index (χ4v) is 1.38. The number of anilines is 1. The average Bonchev–Trinajstić information content (AvgIpc) is 2.81. The molecule has 2 rings (SSSR count). The summed E-state index contributed by atoms with van der Waals surface area (Å²) in [5.41, 5.74) is 0.386. The summed E-state index contributed by atoms with van der Waals surface area (Å²) in [5, 5.41) is 15.6. The van der Waals surface area contributed by atoms with Gasteiger partial charge in [0, 0.05) is 12.3 Å². The molecule has 0 fully saturated rings. The lowest BCUT2D eigenvalue weighted by Gasteiger charge is -2.05. The van der Waals surface area contributed by atoms with E-state index in [1.807, 2.05) is 6.07 Å². The molecule has 2 aromatic rings. The zero-order valence-electron chi connectivity index (χ0n) is 8.14. The molecule has 5 nitrogen and oxygen atoms in total. The van der Waals surface area contributed by atoms with Gasteiger partial charge in [0.2, 0.25) is 0 Å². The molecule has 2 heterocycles. The van der Waals surface area contributed by atoms with Crippen molar-refractivity contribution in [2.24, 2.45) is 0 Å². The van der Waals surface area contributed by atoms with E-state index in [0.717, 1.165) is 0 Å². The Bertz CT molecular complexity index is 518. The van der Waals surface area contributed by atoms with Gasteiger partial charge in [-0.25, -0.2) is 4.98 Å². The second-order valence-corrected chi connectivity index (χ2v) is 3.34. The summed E-state index contributed by atoms with van der Waals surface area (Å²) in [4.78, 5) is 4.03. The standard InChI is InChI=1S/C10H7ClN4O/c11-9-7(5-12)1-3-13-10(9)14-6-8-2-4-15-16-8/h1-4H,6H2,(H,13,14). The first-order chi connectivity index (χ1) is 7.81. The number of nitrogens with one attached hydrogen (secondary N) is 1. The fraction of sp³-hybridized carbons (Fsp3) is 0.100. The van der Waals surface area contributed by atoms with Crippen LogP contribution in [0.4, 0.5) is 5.82 Å². The molecule has 0 radical (unpaired) electrons. The van der Waals surface area contributed by atoms with Crippen LogP contribution in [-0.4, -0.2) is 10.1 Å². The molecule has 0 spiro atoms. The average molecular weight is 235 g/mol. The molecular weight excluding hydrogens is 228 g/mol. The van der Waals surface area contributed by atoms with Crippen LogP contribution in [0.3, 0.4) is 0 Å². The van der Waals surface area contributed by atoms with Crippen LogP contribution in [0.1, 0.15) is 11.3 Å². The van der Waals surface area contributed by atoms with Gasteiger partial charge in [-0.1, -0.05) is 16.8 Å². The minimum absolute atomic E-state index is 0.310. The van der Waals surface area contributed by atoms with Gasteiger partial charge < -0.3 is 9.84 Å². The molecule has 0 aliphatic rings. The Morgan fingerprint density at radius 3 is 3.00 bits per heavy atom. The van der Waals surface area contributed by atoms with Gasteiger partial charge in [-0.05, 0) is 6.07 Å². The van der Waals surface area contributed by atoms with Gasteiger partial charge >= 0.3 is 0 Å². The van der Waals surface area contributed by atoms with Gasteiger partial charge in [0.25, 0.3) is 0 Å². The van der Waals surface area contributed by atoms with E-state index in [-0.39, 0.29) is 0 Å². The van der Waals surface area contributed by atoms with Crippen LogP contribution >= 0.6 is 11.6 Å². The molecule has 80 valence electrons. The Balaban J connectivity index is 2.13. The van der Waals surface area contributed by atoms with Crippen molar-refractivity contribution < 1.29 is 4.52 Å². The SMILES string of the molecule is N#Cc1ccnc(NCc2ccno2)c1Cl. The Labute approximate surface area is 96.6 Å². The van der Waals surface area contributed by atoms with Crippen molar-refractivity contribution in [3.63, 3.8) is 0 Å². The van der Waals surface area contributed by atoms with E-state index in [1.165, 1.54) is 6.20 Å². The van der Waals surface area contributed by atoms with Gasteiger partial charge in [0.05, 0.1) is 18.3 Å². The second kappa shape index (κ2) is 4.64. The van der Waals surface area contributed by atoms with Crippen LogP contribution in [0.15, 0.2) is 29.0 Å². The van der Waals surface area contributed by atoms with E-state index in [2.05, 4.69) is 15.5 Å². The first-order valence-corrected chi connectivity index (χ1v) is 4.87. The highest BCUT2D eigenvalue weighted by atomic mass is 35.5. The molecule has 6 heteroatoms. The number of pyridine rings is 1. The summed E-state index contributed by atoms with van der Waals surface area (Å²) in [6, 6.07) is 5.27. The molecule has 0 aliphatic carbocycles. The second-order valence-electron chi connectivity index (χ2n) is 2.97. The van der Waals surface area contributed by atoms with E-state index < -0.39 is 0 Å². The third-order valence-corrected chi connectivity index (χ3v) is 2.31. The van der Waals surface area contributed by atoms with E-state index in [4.69, 9.17) is 21.4 Å². The topological polar surface area (TPSA) is 74.7 Å². The Kier molecular flexibility index (Phi) is 3.03. The Morgan fingerprint density at radius 1 is 1.44 bits per heavy atom. The summed E-state index contributed by atoms with van der Waals surface area (Å²) in [5.74, 6) is 1.12. The number of rotatable bonds is 3. The third kappa shape index (κ3) is 2.12. The molecule has 1 N–H and O–H groups in total. The lowest BCUT2D eigenvalue weighted by molar-refractivity contribution is 0.388. The van der Waals surface area contributed by atoms with Gasteiger partial charge in [-0.15, -0.1) is 0 Å². The van der Waals surface area contributed by atoms with Crippen LogP contribution in [0.2, 0.25) is 5.02 Å². The van der Waals surface area contributed by atoms with Crippen LogP contribution in [0.5, 0.6) is 0 Å². The minimum Gasteiger partial charge on any atom is -0.361 e. The molecule has 2 aromatic heterocycles. The first-order valence-electron chi connectivity index (χ1n) is 4.49. The van der Waals surface area contributed by atoms with E-state index in [1.54, 1.807) is 18.3 Å². The van der Waals surface area contributed by atoms with Crippen LogP contribution in [-0.2, 0) is 6.54 Å². The summed E-state index contributed by atoms with van der Waals surface area (Å²) in [7, 11) is 0. The van der Waals surface area contributed by atoms with Crippen LogP contribution < -0.4 is 5.32 Å². The van der Waals surface area contributed by atoms with E-state index in [9.17, 15) is 0 Å². The van der Waals surface area contributed by atoms with Crippen molar-refractivity contribution in [2.45, 2.75) is 6.54 Å². The minimum atomic E-state index is 0.310. The number of hydrogen-bond donors (Lipinski definition) is 1. The molecule has 0 saturated heterocycles. The predicted octanol–water partition coefficient (Wildman–Crippen LogP) is 2.21. The van der Waals surface area contributed by atoms with Crippen molar-refractivity contribution in [1.82, 2.24) is 10.1 Å². The lowest BCUT2D eigenvalue weighted by atomic mass is 10.3. The summed E-state index contributed by atoms with van der Waals surface area (Å²) < 4.78 is 4.90. The van der Waals surface area contributed by atoms with Crippen LogP contribution in [0, 0.1) is 11.3 Å². The van der Waals surface area contributed by atoms with Crippen molar-refractivity contribution in [2.75, 3.05) is 5.32 Å². The van der Waals surface area contributed by atoms with Gasteiger partial charge in [0.1, 0.15) is 16.9 Å².